The summed E-state index contributed by atoms with van der Waals surface area (Å²) in [7, 11) is 1.59. The number of rotatable bonds is 6. The first-order chi connectivity index (χ1) is 12.0. The van der Waals surface area contributed by atoms with Gasteiger partial charge in [0.15, 0.2) is 5.54 Å². The maximum absolute atomic E-state index is 12.4. The number of β-lactam (4-membered cyclic amide) rings is 1. The fourth-order valence-electron chi connectivity index (χ4n) is 3.47. The van der Waals surface area contributed by atoms with Gasteiger partial charge in [-0.3, -0.25) is 4.79 Å². The first kappa shape index (κ1) is 17.0. The van der Waals surface area contributed by atoms with E-state index in [2.05, 4.69) is 0 Å². The molecule has 3 rings (SSSR count). The Morgan fingerprint density at radius 2 is 1.76 bits per heavy atom. The molecular weight excluding hydrogens is 318 g/mol. The molecule has 0 saturated carbocycles. The summed E-state index contributed by atoms with van der Waals surface area (Å²) in [5.41, 5.74) is 0.571. The molecule has 0 spiro atoms. The molecule has 1 fully saturated rings. The normalized spacial score (nSPS) is 22.4. The summed E-state index contributed by atoms with van der Waals surface area (Å²) in [6.07, 6.45) is 0.298. The zero-order valence-corrected chi connectivity index (χ0v) is 14.3. The minimum Gasteiger partial charge on any atom is -0.497 e. The van der Waals surface area contributed by atoms with Crippen LogP contribution in [0.2, 0.25) is 0 Å². The van der Waals surface area contributed by atoms with Gasteiger partial charge in [-0.25, -0.2) is 4.79 Å². The number of hydrogen-bond acceptors (Lipinski definition) is 3. The van der Waals surface area contributed by atoms with Gasteiger partial charge in [-0.15, -0.1) is 0 Å². The molecule has 1 heterocycles. The van der Waals surface area contributed by atoms with Crippen LogP contribution in [0.3, 0.4) is 0 Å². The van der Waals surface area contributed by atoms with Gasteiger partial charge in [0.05, 0.1) is 13.0 Å². The number of carboxylic acid groups (broad SMARTS) is 1. The van der Waals surface area contributed by atoms with Gasteiger partial charge in [0.25, 0.3) is 0 Å². The minimum absolute atomic E-state index is 0.130. The number of methoxy groups -OCH3 is 1. The van der Waals surface area contributed by atoms with Gasteiger partial charge in [0.1, 0.15) is 5.75 Å². The maximum atomic E-state index is 12.4. The summed E-state index contributed by atoms with van der Waals surface area (Å²) in [4.78, 5) is 26.1. The largest absolute Gasteiger partial charge is 0.497 e. The van der Waals surface area contributed by atoms with Gasteiger partial charge in [-0.2, -0.15) is 0 Å². The summed E-state index contributed by atoms with van der Waals surface area (Å²) in [6, 6.07) is 16.8. The second-order valence-electron chi connectivity index (χ2n) is 6.39. The molecule has 1 N–H and O–H groups in total. The summed E-state index contributed by atoms with van der Waals surface area (Å²) in [6.45, 7) is 1.97. The van der Waals surface area contributed by atoms with Crippen molar-refractivity contribution in [1.29, 1.82) is 0 Å². The summed E-state index contributed by atoms with van der Waals surface area (Å²) >= 11 is 0. The Morgan fingerprint density at radius 1 is 1.12 bits per heavy atom. The lowest BCUT2D eigenvalue weighted by atomic mass is 9.70. The van der Waals surface area contributed by atoms with E-state index in [0.29, 0.717) is 6.42 Å². The summed E-state index contributed by atoms with van der Waals surface area (Å²) in [5, 5.41) is 9.95. The molecule has 0 bridgehead atoms. The number of amides is 1. The average molecular weight is 339 g/mol. The molecule has 2 aromatic carbocycles. The van der Waals surface area contributed by atoms with Gasteiger partial charge < -0.3 is 14.7 Å². The van der Waals surface area contributed by atoms with E-state index < -0.39 is 17.4 Å². The fraction of sp³-hybridized carbons (Fsp3) is 0.300. The zero-order valence-electron chi connectivity index (χ0n) is 14.3. The highest BCUT2D eigenvalue weighted by Gasteiger charge is 2.62. The van der Waals surface area contributed by atoms with Crippen molar-refractivity contribution in [3.63, 3.8) is 0 Å². The predicted molar refractivity (Wildman–Crippen MR) is 93.2 cm³/mol. The third-order valence-corrected chi connectivity index (χ3v) is 5.02. The van der Waals surface area contributed by atoms with Crippen molar-refractivity contribution in [1.82, 2.24) is 4.90 Å². The monoisotopic (exact) mass is 339 g/mol. The van der Waals surface area contributed by atoms with Crippen molar-refractivity contribution >= 4 is 11.9 Å². The fourth-order valence-corrected chi connectivity index (χ4v) is 3.47. The van der Waals surface area contributed by atoms with Crippen molar-refractivity contribution in [3.05, 3.63) is 65.7 Å². The van der Waals surface area contributed by atoms with Crippen molar-refractivity contribution < 1.29 is 19.4 Å². The molecule has 0 aromatic heterocycles. The van der Waals surface area contributed by atoms with Crippen molar-refractivity contribution in [2.75, 3.05) is 7.11 Å². The number of likely N-dealkylation sites (tertiary alicyclic amines) is 1. The Labute approximate surface area is 146 Å². The van der Waals surface area contributed by atoms with E-state index >= 15 is 0 Å². The Kier molecular flexibility index (Phi) is 4.49. The second kappa shape index (κ2) is 6.59. The number of carbonyl (C=O) groups excluding carboxylic acids is 1. The molecule has 1 saturated heterocycles. The van der Waals surface area contributed by atoms with Crippen LogP contribution in [-0.4, -0.2) is 34.5 Å². The quantitative estimate of drug-likeness (QED) is 0.822. The minimum atomic E-state index is -1.21. The lowest BCUT2D eigenvalue weighted by Gasteiger charge is -2.54. The molecule has 5 heteroatoms. The Bertz CT molecular complexity index is 772. The second-order valence-corrected chi connectivity index (χ2v) is 6.39. The van der Waals surface area contributed by atoms with Crippen LogP contribution >= 0.6 is 0 Å². The average Bonchev–Trinajstić information content (AvgIpc) is 2.65. The first-order valence-corrected chi connectivity index (χ1v) is 8.21. The third kappa shape index (κ3) is 2.86. The number of benzene rings is 2. The Balaban J connectivity index is 1.89. The third-order valence-electron chi connectivity index (χ3n) is 5.02. The van der Waals surface area contributed by atoms with E-state index in [1.54, 1.807) is 14.0 Å². The van der Waals surface area contributed by atoms with Crippen LogP contribution in [0, 0.1) is 5.92 Å². The summed E-state index contributed by atoms with van der Waals surface area (Å²) < 4.78 is 5.14. The summed E-state index contributed by atoms with van der Waals surface area (Å²) in [5.74, 6) is -0.921. The van der Waals surface area contributed by atoms with E-state index in [9.17, 15) is 14.7 Å². The molecule has 2 atom stereocenters. The van der Waals surface area contributed by atoms with Crippen LogP contribution in [0.25, 0.3) is 0 Å². The lowest BCUT2D eigenvalue weighted by molar-refractivity contribution is -0.188. The number of nitrogens with zero attached hydrogens (tertiary/aromatic N) is 1. The molecule has 2 aromatic rings. The molecule has 1 aliphatic heterocycles. The van der Waals surface area contributed by atoms with E-state index in [0.717, 1.165) is 16.9 Å². The van der Waals surface area contributed by atoms with Crippen molar-refractivity contribution in [2.24, 2.45) is 5.92 Å². The van der Waals surface area contributed by atoms with E-state index in [4.69, 9.17) is 4.74 Å². The molecule has 0 radical (unpaired) electrons. The van der Waals surface area contributed by atoms with Gasteiger partial charge >= 0.3 is 5.97 Å². The van der Waals surface area contributed by atoms with Gasteiger partial charge in [0.2, 0.25) is 5.91 Å². The van der Waals surface area contributed by atoms with Gasteiger partial charge in [-0.1, -0.05) is 49.4 Å². The smallest absolute Gasteiger partial charge is 0.330 e. The number of carboxylic acids is 1. The highest BCUT2D eigenvalue weighted by molar-refractivity contribution is 6.00. The number of ether oxygens (including phenoxy) is 1. The van der Waals surface area contributed by atoms with E-state index in [1.165, 1.54) is 4.90 Å². The van der Waals surface area contributed by atoms with Crippen LogP contribution in [0.5, 0.6) is 5.75 Å². The molecule has 5 nitrogen and oxygen atoms in total. The molecule has 1 amide bonds. The van der Waals surface area contributed by atoms with Crippen LogP contribution in [0.4, 0.5) is 0 Å². The SMILES string of the molecule is COc1ccc(CN2C(=O)[C@@H](C)[C@@]2(Cc2ccccc2)C(=O)O)cc1. The highest BCUT2D eigenvalue weighted by Crippen LogP contribution is 2.42. The standard InChI is InChI=1S/C20H21NO4/c1-14-18(22)21(13-16-8-10-17(25-2)11-9-16)20(14,19(23)24)12-15-6-4-3-5-7-15/h3-11,14H,12-13H2,1-2H3,(H,23,24)/t14-,20+/m1/s1. The zero-order chi connectivity index (χ0) is 18.0. The molecule has 1 aliphatic rings. The maximum Gasteiger partial charge on any atom is 0.330 e. The molecule has 0 unspecified atom stereocenters. The van der Waals surface area contributed by atoms with Crippen molar-refractivity contribution in [2.45, 2.75) is 25.4 Å². The van der Waals surface area contributed by atoms with Gasteiger partial charge in [-0.05, 0) is 23.3 Å². The first-order valence-electron chi connectivity index (χ1n) is 8.21. The molecular formula is C20H21NO4. The topological polar surface area (TPSA) is 66.8 Å². The van der Waals surface area contributed by atoms with E-state index in [-0.39, 0.29) is 12.5 Å². The number of carbonyl (C=O) groups is 2. The highest BCUT2D eigenvalue weighted by atomic mass is 16.5. The molecule has 0 aliphatic carbocycles. The van der Waals surface area contributed by atoms with Crippen molar-refractivity contribution in [3.8, 4) is 5.75 Å². The molecule has 25 heavy (non-hydrogen) atoms. The molecule has 130 valence electrons. The van der Waals surface area contributed by atoms with Crippen LogP contribution in [-0.2, 0) is 22.6 Å². The van der Waals surface area contributed by atoms with Crippen LogP contribution < -0.4 is 4.74 Å². The Hall–Kier alpha value is -2.82. The van der Waals surface area contributed by atoms with E-state index in [1.807, 2.05) is 54.6 Å². The van der Waals surface area contributed by atoms with Crippen LogP contribution in [0.1, 0.15) is 18.1 Å². The predicted octanol–water partition coefficient (Wildman–Crippen LogP) is 2.74. The van der Waals surface area contributed by atoms with Crippen LogP contribution in [0.15, 0.2) is 54.6 Å². The van der Waals surface area contributed by atoms with Gasteiger partial charge in [0, 0.05) is 13.0 Å². The number of hydrogen-bond donors (Lipinski definition) is 1. The Morgan fingerprint density at radius 3 is 2.32 bits per heavy atom. The lowest BCUT2D eigenvalue weighted by Crippen LogP contribution is -2.74. The number of aliphatic carboxylic acids is 1.